The molecule has 11 nitrogen and oxygen atoms in total. The molecule has 3 aromatic carbocycles. The number of nitrogens with zero attached hydrogens (tertiary/aromatic N) is 4. The highest BCUT2D eigenvalue weighted by Gasteiger charge is 2.33. The van der Waals surface area contributed by atoms with Crippen LogP contribution in [0.3, 0.4) is 0 Å². The molecule has 1 aliphatic rings. The van der Waals surface area contributed by atoms with Gasteiger partial charge in [0.15, 0.2) is 6.29 Å². The SMILES string of the molecule is O=C(O)CCCCC(=O)Nc1cccc(C2OC(CSc3nnnn3-c3ccccc3)CC(c3ccc(CO)cc3)O2)c1. The van der Waals surface area contributed by atoms with Gasteiger partial charge in [0, 0.05) is 36.3 Å². The lowest BCUT2D eigenvalue weighted by atomic mass is 10.0. The Labute approximate surface area is 253 Å². The molecule has 5 rings (SSSR count). The Hall–Kier alpha value is -4.10. The molecule has 1 saturated heterocycles. The van der Waals surface area contributed by atoms with E-state index < -0.39 is 12.3 Å². The van der Waals surface area contributed by atoms with E-state index in [1.807, 2.05) is 72.8 Å². The van der Waals surface area contributed by atoms with Gasteiger partial charge in [-0.05, 0) is 58.7 Å². The summed E-state index contributed by atoms with van der Waals surface area (Å²) >= 11 is 1.50. The van der Waals surface area contributed by atoms with Gasteiger partial charge in [-0.3, -0.25) is 9.59 Å². The topological polar surface area (TPSA) is 149 Å². The van der Waals surface area contributed by atoms with Crippen LogP contribution in [0.5, 0.6) is 0 Å². The molecule has 12 heteroatoms. The summed E-state index contributed by atoms with van der Waals surface area (Å²) in [6, 6.07) is 24.7. The van der Waals surface area contributed by atoms with E-state index in [0.717, 1.165) is 22.4 Å². The highest BCUT2D eigenvalue weighted by molar-refractivity contribution is 7.99. The van der Waals surface area contributed by atoms with Crippen molar-refractivity contribution in [1.82, 2.24) is 20.2 Å². The van der Waals surface area contributed by atoms with Gasteiger partial charge in [0.2, 0.25) is 11.1 Å². The number of aromatic nitrogens is 4. The number of carbonyl (C=O) groups is 2. The zero-order chi connectivity index (χ0) is 30.0. The van der Waals surface area contributed by atoms with Gasteiger partial charge in [0.05, 0.1) is 24.5 Å². The Morgan fingerprint density at radius 3 is 2.51 bits per heavy atom. The van der Waals surface area contributed by atoms with Crippen molar-refractivity contribution in [2.45, 2.75) is 62.4 Å². The van der Waals surface area contributed by atoms with Crippen LogP contribution in [0.15, 0.2) is 84.0 Å². The Morgan fingerprint density at radius 1 is 0.953 bits per heavy atom. The minimum absolute atomic E-state index is 0.0367. The zero-order valence-corrected chi connectivity index (χ0v) is 24.2. The van der Waals surface area contributed by atoms with Gasteiger partial charge in [-0.2, -0.15) is 4.68 Å². The number of aliphatic carboxylic acids is 1. The number of carboxylic acids is 1. The molecule has 1 aliphatic heterocycles. The molecule has 3 atom stereocenters. The highest BCUT2D eigenvalue weighted by atomic mass is 32.2. The first kappa shape index (κ1) is 30.4. The monoisotopic (exact) mass is 603 g/mol. The van der Waals surface area contributed by atoms with Gasteiger partial charge in [-0.1, -0.05) is 66.4 Å². The van der Waals surface area contributed by atoms with Crippen LogP contribution in [0.2, 0.25) is 0 Å². The number of aliphatic hydroxyl groups is 1. The van der Waals surface area contributed by atoms with Crippen molar-refractivity contribution >= 4 is 29.3 Å². The normalized spacial score (nSPS) is 18.3. The number of nitrogens with one attached hydrogen (secondary N) is 1. The standard InChI is InChI=1S/C31H33N5O6S/c37-19-21-13-15-22(16-14-21)27-18-26(20-43-31-33-34-35-36(31)25-9-2-1-3-10-25)41-30(42-27)23-7-6-8-24(17-23)32-28(38)11-4-5-12-29(39)40/h1-3,6-10,13-17,26-27,30,37H,4-5,11-12,18-20H2,(H,32,38)(H,39,40). The van der Waals surface area contributed by atoms with Gasteiger partial charge in [-0.25, -0.2) is 0 Å². The zero-order valence-electron chi connectivity index (χ0n) is 23.4. The number of tetrazole rings is 1. The fourth-order valence-electron chi connectivity index (χ4n) is 4.74. The van der Waals surface area contributed by atoms with Gasteiger partial charge in [0.1, 0.15) is 0 Å². The van der Waals surface area contributed by atoms with Crippen LogP contribution < -0.4 is 5.32 Å². The van der Waals surface area contributed by atoms with Gasteiger partial charge < -0.3 is 25.0 Å². The number of hydrogen-bond acceptors (Lipinski definition) is 9. The van der Waals surface area contributed by atoms with E-state index in [9.17, 15) is 14.7 Å². The Balaban J connectivity index is 1.30. The first-order valence-corrected chi connectivity index (χ1v) is 15.1. The highest BCUT2D eigenvalue weighted by Crippen LogP contribution is 2.40. The molecular formula is C31H33N5O6S. The number of para-hydroxylation sites is 1. The number of carboxylic acid groups (broad SMARTS) is 1. The second kappa shape index (κ2) is 14.9. The number of ether oxygens (including phenoxy) is 2. The first-order chi connectivity index (χ1) is 21.0. The predicted molar refractivity (Wildman–Crippen MR) is 159 cm³/mol. The third-order valence-corrected chi connectivity index (χ3v) is 7.99. The average Bonchev–Trinajstić information content (AvgIpc) is 3.51. The molecular weight excluding hydrogens is 570 g/mol. The molecule has 4 aromatic rings. The molecule has 3 N–H and O–H groups in total. The summed E-state index contributed by atoms with van der Waals surface area (Å²) in [5.41, 5.74) is 4.02. The molecule has 2 heterocycles. The second-order valence-electron chi connectivity index (χ2n) is 10.1. The smallest absolute Gasteiger partial charge is 0.303 e. The molecule has 0 saturated carbocycles. The number of rotatable bonds is 13. The molecule has 1 aromatic heterocycles. The van der Waals surface area contributed by atoms with E-state index in [1.165, 1.54) is 11.8 Å². The lowest BCUT2D eigenvalue weighted by Gasteiger charge is -2.36. The number of hydrogen-bond donors (Lipinski definition) is 3. The number of carbonyl (C=O) groups excluding carboxylic acids is 1. The number of aliphatic hydroxyl groups excluding tert-OH is 1. The molecule has 1 fully saturated rings. The summed E-state index contributed by atoms with van der Waals surface area (Å²) in [7, 11) is 0. The van der Waals surface area contributed by atoms with Crippen molar-refractivity contribution in [2.75, 3.05) is 11.1 Å². The second-order valence-corrected chi connectivity index (χ2v) is 11.1. The summed E-state index contributed by atoms with van der Waals surface area (Å²) in [6.45, 7) is -0.0367. The fourth-order valence-corrected chi connectivity index (χ4v) is 5.65. The number of amides is 1. The number of unbranched alkanes of at least 4 members (excludes halogenated alkanes) is 1. The summed E-state index contributed by atoms with van der Waals surface area (Å²) < 4.78 is 14.6. The maximum Gasteiger partial charge on any atom is 0.303 e. The maximum absolute atomic E-state index is 12.5. The van der Waals surface area contributed by atoms with Crippen molar-refractivity contribution < 1.29 is 29.3 Å². The van der Waals surface area contributed by atoms with Crippen LogP contribution in [0.1, 0.15) is 61.2 Å². The molecule has 0 bridgehead atoms. The van der Waals surface area contributed by atoms with Gasteiger partial charge >= 0.3 is 5.97 Å². The van der Waals surface area contributed by atoms with Crippen molar-refractivity contribution in [3.63, 3.8) is 0 Å². The summed E-state index contributed by atoms with van der Waals surface area (Å²) in [5.74, 6) is -0.472. The Morgan fingerprint density at radius 2 is 1.74 bits per heavy atom. The first-order valence-electron chi connectivity index (χ1n) is 14.1. The third kappa shape index (κ3) is 8.48. The summed E-state index contributed by atoms with van der Waals surface area (Å²) in [5, 5.41) is 34.0. The van der Waals surface area contributed by atoms with Crippen molar-refractivity contribution in [3.8, 4) is 5.69 Å². The number of anilines is 1. The van der Waals surface area contributed by atoms with E-state index in [-0.39, 0.29) is 37.6 Å². The summed E-state index contributed by atoms with van der Waals surface area (Å²) in [4.78, 5) is 23.2. The van der Waals surface area contributed by atoms with Gasteiger partial charge in [0.25, 0.3) is 0 Å². The molecule has 0 aliphatic carbocycles. The quantitative estimate of drug-likeness (QED) is 0.140. The van der Waals surface area contributed by atoms with Crippen LogP contribution in [-0.4, -0.2) is 54.2 Å². The third-order valence-electron chi connectivity index (χ3n) is 6.94. The van der Waals surface area contributed by atoms with Crippen LogP contribution in [0, 0.1) is 0 Å². The van der Waals surface area contributed by atoms with Crippen LogP contribution in [0.25, 0.3) is 5.69 Å². The number of thioether (sulfide) groups is 1. The number of benzene rings is 3. The van der Waals surface area contributed by atoms with E-state index in [4.69, 9.17) is 14.6 Å². The average molecular weight is 604 g/mol. The largest absolute Gasteiger partial charge is 0.481 e. The summed E-state index contributed by atoms with van der Waals surface area (Å²) in [6.07, 6.45) is 0.654. The van der Waals surface area contributed by atoms with E-state index >= 15 is 0 Å². The lowest BCUT2D eigenvalue weighted by molar-refractivity contribution is -0.245. The molecule has 1 amide bonds. The van der Waals surface area contributed by atoms with Crippen molar-refractivity contribution in [1.29, 1.82) is 0 Å². The minimum Gasteiger partial charge on any atom is -0.481 e. The van der Waals surface area contributed by atoms with E-state index in [1.54, 1.807) is 10.7 Å². The van der Waals surface area contributed by atoms with Gasteiger partial charge in [-0.15, -0.1) is 5.10 Å². The van der Waals surface area contributed by atoms with Crippen molar-refractivity contribution in [2.24, 2.45) is 0 Å². The fraction of sp³-hybridized carbons (Fsp3) is 0.323. The Bertz CT molecular complexity index is 1500. The maximum atomic E-state index is 12.5. The molecule has 0 radical (unpaired) electrons. The van der Waals surface area contributed by atoms with E-state index in [0.29, 0.717) is 35.9 Å². The molecule has 43 heavy (non-hydrogen) atoms. The predicted octanol–water partition coefficient (Wildman–Crippen LogP) is 5.08. The minimum atomic E-state index is -0.866. The molecule has 0 spiro atoms. The lowest BCUT2D eigenvalue weighted by Crippen LogP contribution is -2.31. The van der Waals surface area contributed by atoms with Crippen LogP contribution >= 0.6 is 11.8 Å². The van der Waals surface area contributed by atoms with Crippen LogP contribution in [-0.2, 0) is 25.7 Å². The van der Waals surface area contributed by atoms with Crippen molar-refractivity contribution in [3.05, 3.63) is 95.6 Å². The molecule has 3 unspecified atom stereocenters. The Kier molecular flexibility index (Phi) is 10.5. The molecule has 224 valence electrons. The van der Waals surface area contributed by atoms with E-state index in [2.05, 4.69) is 20.8 Å². The van der Waals surface area contributed by atoms with Crippen LogP contribution in [0.4, 0.5) is 5.69 Å².